The molecule has 0 bridgehead atoms. The first-order valence-corrected chi connectivity index (χ1v) is 7.70. The Morgan fingerprint density at radius 2 is 1.60 bits per heavy atom. The van der Waals surface area contributed by atoms with Gasteiger partial charge in [0.05, 0.1) is 11.2 Å². The van der Waals surface area contributed by atoms with Gasteiger partial charge >= 0.3 is 13.5 Å². The predicted molar refractivity (Wildman–Crippen MR) is 86.9 cm³/mol. The number of hydrogen-bond donors (Lipinski definition) is 0. The Kier molecular flexibility index (Phi) is 4.87. The van der Waals surface area contributed by atoms with Crippen LogP contribution in [0.3, 0.4) is 0 Å². The first-order valence-electron chi connectivity index (χ1n) is 7.70. The highest BCUT2D eigenvalue weighted by Crippen LogP contribution is 2.37. The van der Waals surface area contributed by atoms with Crippen molar-refractivity contribution in [2.24, 2.45) is 0 Å². The highest BCUT2D eigenvalue weighted by atomic mass is 19.4. The normalized spacial score (nSPS) is 19.0. The lowest BCUT2D eigenvalue weighted by atomic mass is 9.78. The zero-order valence-electron chi connectivity index (χ0n) is 15.0. The van der Waals surface area contributed by atoms with Crippen molar-refractivity contribution in [2.75, 3.05) is 14.1 Å². The molecule has 0 unspecified atom stereocenters. The summed E-state index contributed by atoms with van der Waals surface area (Å²) in [7, 11) is 2.11. The van der Waals surface area contributed by atoms with Gasteiger partial charge in [0.2, 0.25) is 0 Å². The first kappa shape index (κ1) is 19.6. The van der Waals surface area contributed by atoms with Gasteiger partial charge in [0.25, 0.3) is 5.91 Å². The third kappa shape index (κ3) is 4.27. The molecule has 0 saturated carbocycles. The van der Waals surface area contributed by atoms with Crippen LogP contribution in [0.1, 0.15) is 38.1 Å². The van der Waals surface area contributed by atoms with Crippen LogP contribution in [-0.4, -0.2) is 49.6 Å². The van der Waals surface area contributed by atoms with Crippen LogP contribution in [0.5, 0.6) is 5.75 Å². The second-order valence-corrected chi connectivity index (χ2v) is 7.13. The number of alkyl halides is 3. The molecule has 0 spiro atoms. The molecule has 1 aromatic carbocycles. The van der Waals surface area contributed by atoms with Crippen molar-refractivity contribution in [1.82, 2.24) is 4.90 Å². The molecule has 0 atom stereocenters. The average Bonchev–Trinajstić information content (AvgIpc) is 2.64. The van der Waals surface area contributed by atoms with E-state index in [0.29, 0.717) is 0 Å². The molecule has 1 aromatic rings. The van der Waals surface area contributed by atoms with Gasteiger partial charge in [-0.15, -0.1) is 13.2 Å². The minimum Gasteiger partial charge on any atom is -0.406 e. The predicted octanol–water partition coefficient (Wildman–Crippen LogP) is 2.59. The summed E-state index contributed by atoms with van der Waals surface area (Å²) in [5, 5.41) is 0. The molecule has 1 heterocycles. The fraction of sp³-hybridized carbons (Fsp3) is 0.562. The fourth-order valence-corrected chi connectivity index (χ4v) is 2.31. The van der Waals surface area contributed by atoms with Crippen molar-refractivity contribution in [3.05, 3.63) is 23.8 Å². The Morgan fingerprint density at radius 3 is 2.04 bits per heavy atom. The van der Waals surface area contributed by atoms with Gasteiger partial charge in [0.15, 0.2) is 0 Å². The molecule has 1 aliphatic rings. The second kappa shape index (κ2) is 6.21. The van der Waals surface area contributed by atoms with E-state index in [4.69, 9.17) is 9.31 Å². The Morgan fingerprint density at radius 1 is 1.08 bits per heavy atom. The Balaban J connectivity index is 2.45. The number of ether oxygens (including phenoxy) is 1. The third-order valence-corrected chi connectivity index (χ3v) is 4.34. The van der Waals surface area contributed by atoms with E-state index < -0.39 is 36.3 Å². The van der Waals surface area contributed by atoms with E-state index in [0.717, 1.165) is 6.07 Å². The van der Waals surface area contributed by atoms with Gasteiger partial charge in [-0.2, -0.15) is 0 Å². The Bertz CT molecular complexity index is 658. The molecule has 138 valence electrons. The standard InChI is InChI=1S/C16H21BF3NO4/c1-14(2)15(3,4)25-17(24-14)11-7-10(13(22)21(5)6)8-12(9-11)23-16(18,19)20/h7-9H,1-6H3. The monoisotopic (exact) mass is 359 g/mol. The molecule has 1 amide bonds. The topological polar surface area (TPSA) is 48.0 Å². The smallest absolute Gasteiger partial charge is 0.406 e. The van der Waals surface area contributed by atoms with Crippen LogP contribution in [0.2, 0.25) is 0 Å². The summed E-state index contributed by atoms with van der Waals surface area (Å²) >= 11 is 0. The summed E-state index contributed by atoms with van der Waals surface area (Å²) in [4.78, 5) is 13.5. The Labute approximate surface area is 145 Å². The van der Waals surface area contributed by atoms with E-state index in [-0.39, 0.29) is 11.0 Å². The van der Waals surface area contributed by atoms with Crippen molar-refractivity contribution >= 4 is 18.5 Å². The molecule has 0 aromatic heterocycles. The van der Waals surface area contributed by atoms with E-state index in [9.17, 15) is 18.0 Å². The Hall–Kier alpha value is -1.74. The molecule has 0 aliphatic carbocycles. The van der Waals surface area contributed by atoms with Gasteiger partial charge < -0.3 is 18.9 Å². The van der Waals surface area contributed by atoms with Crippen molar-refractivity contribution in [3.63, 3.8) is 0 Å². The number of rotatable bonds is 3. The molecule has 25 heavy (non-hydrogen) atoms. The third-order valence-electron chi connectivity index (χ3n) is 4.34. The number of carbonyl (C=O) groups is 1. The maximum absolute atomic E-state index is 12.6. The van der Waals surface area contributed by atoms with Gasteiger partial charge in [0, 0.05) is 19.7 Å². The maximum atomic E-state index is 12.6. The van der Waals surface area contributed by atoms with Gasteiger partial charge in [-0.3, -0.25) is 4.79 Å². The van der Waals surface area contributed by atoms with Crippen LogP contribution in [0.15, 0.2) is 18.2 Å². The molecule has 0 radical (unpaired) electrons. The van der Waals surface area contributed by atoms with E-state index in [1.807, 2.05) is 27.7 Å². The number of carbonyl (C=O) groups excluding carboxylic acids is 1. The van der Waals surface area contributed by atoms with Gasteiger partial charge in [-0.05, 0) is 51.4 Å². The quantitative estimate of drug-likeness (QED) is 0.779. The van der Waals surface area contributed by atoms with Crippen molar-refractivity contribution < 1.29 is 32.0 Å². The van der Waals surface area contributed by atoms with E-state index >= 15 is 0 Å². The average molecular weight is 359 g/mol. The molecule has 2 rings (SSSR count). The zero-order chi connectivity index (χ0) is 19.2. The summed E-state index contributed by atoms with van der Waals surface area (Å²) in [6.07, 6.45) is -4.87. The minimum atomic E-state index is -4.87. The number of hydrogen-bond acceptors (Lipinski definition) is 4. The highest BCUT2D eigenvalue weighted by Gasteiger charge is 2.52. The van der Waals surface area contributed by atoms with E-state index in [2.05, 4.69) is 4.74 Å². The zero-order valence-corrected chi connectivity index (χ0v) is 15.0. The van der Waals surface area contributed by atoms with Crippen LogP contribution in [0.25, 0.3) is 0 Å². The van der Waals surface area contributed by atoms with Crippen LogP contribution >= 0.6 is 0 Å². The largest absolute Gasteiger partial charge is 0.573 e. The molecule has 9 heteroatoms. The molecular formula is C16H21BF3NO4. The number of benzene rings is 1. The summed E-state index contributed by atoms with van der Waals surface area (Å²) < 4.78 is 53.5. The lowest BCUT2D eigenvalue weighted by Gasteiger charge is -2.32. The summed E-state index contributed by atoms with van der Waals surface area (Å²) in [5.41, 5.74) is -0.990. The highest BCUT2D eigenvalue weighted by molar-refractivity contribution is 6.62. The number of halogens is 3. The maximum Gasteiger partial charge on any atom is 0.573 e. The van der Waals surface area contributed by atoms with Crippen molar-refractivity contribution in [2.45, 2.75) is 45.3 Å². The second-order valence-electron chi connectivity index (χ2n) is 7.13. The van der Waals surface area contributed by atoms with Crippen LogP contribution in [-0.2, 0) is 9.31 Å². The van der Waals surface area contributed by atoms with E-state index in [1.54, 1.807) is 0 Å². The lowest BCUT2D eigenvalue weighted by molar-refractivity contribution is -0.274. The number of amides is 1. The first-order chi connectivity index (χ1) is 11.2. The molecule has 1 fully saturated rings. The summed E-state index contributed by atoms with van der Waals surface area (Å²) in [5.74, 6) is -0.949. The van der Waals surface area contributed by atoms with Crippen LogP contribution in [0.4, 0.5) is 13.2 Å². The summed E-state index contributed by atoms with van der Waals surface area (Å²) in [6, 6.07) is 3.67. The number of nitrogens with zero attached hydrogens (tertiary/aromatic N) is 1. The van der Waals surface area contributed by atoms with Gasteiger partial charge in [-0.1, -0.05) is 0 Å². The lowest BCUT2D eigenvalue weighted by Crippen LogP contribution is -2.41. The molecule has 0 N–H and O–H groups in total. The molecule has 1 saturated heterocycles. The van der Waals surface area contributed by atoms with Crippen molar-refractivity contribution in [1.29, 1.82) is 0 Å². The molecular weight excluding hydrogens is 338 g/mol. The van der Waals surface area contributed by atoms with Crippen LogP contribution in [0, 0.1) is 0 Å². The van der Waals surface area contributed by atoms with Gasteiger partial charge in [-0.25, -0.2) is 0 Å². The fourth-order valence-electron chi connectivity index (χ4n) is 2.31. The van der Waals surface area contributed by atoms with E-state index in [1.165, 1.54) is 31.1 Å². The van der Waals surface area contributed by atoms with Crippen LogP contribution < -0.4 is 10.2 Å². The minimum absolute atomic E-state index is 0.0523. The van der Waals surface area contributed by atoms with Gasteiger partial charge in [0.1, 0.15) is 5.75 Å². The van der Waals surface area contributed by atoms with Crippen molar-refractivity contribution in [3.8, 4) is 5.75 Å². The molecule has 1 aliphatic heterocycles. The summed E-state index contributed by atoms with van der Waals surface area (Å²) in [6.45, 7) is 7.31. The SMILES string of the molecule is CN(C)C(=O)c1cc(OC(F)(F)F)cc(B2OC(C)(C)C(C)(C)O2)c1. The molecule has 5 nitrogen and oxygen atoms in total.